The smallest absolute Gasteiger partial charge is 0.306 e. The van der Waals surface area contributed by atoms with Gasteiger partial charge in [-0.3, -0.25) is 9.59 Å². The number of carboxylic acids is 1. The van der Waals surface area contributed by atoms with Gasteiger partial charge < -0.3 is 28.6 Å². The second-order valence-corrected chi connectivity index (χ2v) is 16.7. The minimum Gasteiger partial charge on any atom is -0.544 e. The van der Waals surface area contributed by atoms with Crippen molar-refractivity contribution in [2.45, 2.75) is 212 Å². The van der Waals surface area contributed by atoms with Crippen molar-refractivity contribution < 1.29 is 38.2 Å². The van der Waals surface area contributed by atoms with Crippen LogP contribution in [0.25, 0.3) is 0 Å². The standard InChI is InChI=1S/C48H87NO7/c1-6-8-10-12-14-16-18-20-22-23-24-25-27-29-31-33-35-37-39-47(51)56-44(42-54-41-40-45(48(52)53)49(3,4)5)43-55-46(50)38-36-34-32-30-28-26-21-19-17-15-13-11-9-7-2/h18,20,22-25,44-45H,6-17,19,21,26-43H2,1-5H3/b20-18+,23-22+,25-24+. The molecule has 0 aromatic heterocycles. The van der Waals surface area contributed by atoms with Crippen molar-refractivity contribution in [3.63, 3.8) is 0 Å². The number of likely N-dealkylation sites (N-methyl/N-ethyl adjacent to an activating group) is 1. The van der Waals surface area contributed by atoms with E-state index in [0.717, 1.165) is 64.2 Å². The van der Waals surface area contributed by atoms with E-state index < -0.39 is 18.1 Å². The van der Waals surface area contributed by atoms with Gasteiger partial charge in [0.25, 0.3) is 0 Å². The summed E-state index contributed by atoms with van der Waals surface area (Å²) < 4.78 is 17.2. The monoisotopic (exact) mass is 790 g/mol. The minimum absolute atomic E-state index is 0.0346. The summed E-state index contributed by atoms with van der Waals surface area (Å²) in [5.41, 5.74) is 0. The number of allylic oxidation sites excluding steroid dienone is 6. The molecule has 0 bridgehead atoms. The molecule has 0 aliphatic rings. The normalized spacial score (nSPS) is 13.2. The van der Waals surface area contributed by atoms with Gasteiger partial charge >= 0.3 is 11.9 Å². The number of unbranched alkanes of at least 4 members (excludes halogenated alkanes) is 23. The molecule has 0 aliphatic carbocycles. The molecule has 0 N–H and O–H groups in total. The Hall–Kier alpha value is -2.45. The van der Waals surface area contributed by atoms with Gasteiger partial charge in [0, 0.05) is 19.3 Å². The first kappa shape index (κ1) is 53.6. The average Bonchev–Trinajstić information content (AvgIpc) is 3.15. The van der Waals surface area contributed by atoms with Crippen LogP contribution in [0.5, 0.6) is 0 Å². The van der Waals surface area contributed by atoms with Crippen LogP contribution in [0.3, 0.4) is 0 Å². The maximum absolute atomic E-state index is 12.7. The molecular formula is C48H87NO7. The molecule has 0 spiro atoms. The second-order valence-electron chi connectivity index (χ2n) is 16.7. The maximum Gasteiger partial charge on any atom is 0.306 e. The van der Waals surface area contributed by atoms with Crippen LogP contribution in [0.4, 0.5) is 0 Å². The molecule has 0 aromatic rings. The summed E-state index contributed by atoms with van der Waals surface area (Å²) in [5, 5.41) is 11.6. The third-order valence-electron chi connectivity index (χ3n) is 10.3. The van der Waals surface area contributed by atoms with Gasteiger partial charge in [0.2, 0.25) is 0 Å². The van der Waals surface area contributed by atoms with Gasteiger partial charge in [-0.05, 0) is 38.5 Å². The molecule has 8 nitrogen and oxygen atoms in total. The molecule has 2 atom stereocenters. The molecule has 0 radical (unpaired) electrons. The van der Waals surface area contributed by atoms with E-state index in [4.69, 9.17) is 14.2 Å². The highest BCUT2D eigenvalue weighted by Gasteiger charge is 2.25. The van der Waals surface area contributed by atoms with Gasteiger partial charge in [-0.15, -0.1) is 0 Å². The highest BCUT2D eigenvalue weighted by molar-refractivity contribution is 5.70. The van der Waals surface area contributed by atoms with Crippen molar-refractivity contribution in [2.24, 2.45) is 0 Å². The van der Waals surface area contributed by atoms with Crippen LogP contribution in [-0.2, 0) is 28.6 Å². The predicted octanol–water partition coefficient (Wildman–Crippen LogP) is 11.3. The Morgan fingerprint density at radius 1 is 0.536 bits per heavy atom. The van der Waals surface area contributed by atoms with Crippen molar-refractivity contribution in [3.8, 4) is 0 Å². The molecule has 0 aromatic carbocycles. The molecule has 0 amide bonds. The molecule has 8 heteroatoms. The Morgan fingerprint density at radius 2 is 0.946 bits per heavy atom. The third-order valence-corrected chi connectivity index (χ3v) is 10.3. The average molecular weight is 790 g/mol. The van der Waals surface area contributed by atoms with Gasteiger partial charge in [0.05, 0.1) is 40.3 Å². The number of hydrogen-bond acceptors (Lipinski definition) is 7. The number of carbonyl (C=O) groups is 3. The van der Waals surface area contributed by atoms with Crippen molar-refractivity contribution in [1.29, 1.82) is 0 Å². The van der Waals surface area contributed by atoms with Crippen LogP contribution < -0.4 is 5.11 Å². The molecule has 326 valence electrons. The zero-order chi connectivity index (χ0) is 41.4. The SMILES string of the molecule is CCCCCCC/C=C/C=C/C=C/CCCCCCCC(=O)OC(COCCC(C(=O)[O-])[N+](C)(C)C)COC(=O)CCCCCCCCCCCCCCCC. The Balaban J connectivity index is 4.36. The number of aliphatic carboxylic acids is 1. The lowest BCUT2D eigenvalue weighted by molar-refractivity contribution is -0.889. The van der Waals surface area contributed by atoms with Crippen LogP contribution in [-0.4, -0.2) is 75.5 Å². The molecule has 0 rings (SSSR count). The Kier molecular flexibility index (Phi) is 37.7. The zero-order valence-electron chi connectivity index (χ0n) is 37.1. The van der Waals surface area contributed by atoms with Gasteiger partial charge in [-0.2, -0.15) is 0 Å². The van der Waals surface area contributed by atoms with E-state index in [9.17, 15) is 19.5 Å². The fourth-order valence-corrected chi connectivity index (χ4v) is 6.72. The second kappa shape index (κ2) is 39.4. The maximum atomic E-state index is 12.7. The van der Waals surface area contributed by atoms with Crippen molar-refractivity contribution >= 4 is 17.9 Å². The fourth-order valence-electron chi connectivity index (χ4n) is 6.72. The van der Waals surface area contributed by atoms with Gasteiger partial charge in [-0.1, -0.05) is 179 Å². The fraction of sp³-hybridized carbons (Fsp3) is 0.812. The van der Waals surface area contributed by atoms with E-state index in [-0.39, 0.29) is 42.7 Å². The molecule has 0 heterocycles. The molecule has 2 unspecified atom stereocenters. The van der Waals surface area contributed by atoms with E-state index in [0.29, 0.717) is 12.8 Å². The first-order valence-electron chi connectivity index (χ1n) is 23.0. The summed E-state index contributed by atoms with van der Waals surface area (Å²) in [4.78, 5) is 36.9. The number of rotatable bonds is 41. The summed E-state index contributed by atoms with van der Waals surface area (Å²) >= 11 is 0. The largest absolute Gasteiger partial charge is 0.544 e. The highest BCUT2D eigenvalue weighted by Crippen LogP contribution is 2.15. The van der Waals surface area contributed by atoms with E-state index in [1.54, 1.807) is 21.1 Å². The zero-order valence-corrected chi connectivity index (χ0v) is 37.1. The van der Waals surface area contributed by atoms with Crippen LogP contribution in [0.15, 0.2) is 36.5 Å². The number of ether oxygens (including phenoxy) is 3. The van der Waals surface area contributed by atoms with Crippen LogP contribution in [0.1, 0.15) is 200 Å². The first-order chi connectivity index (χ1) is 27.1. The molecule has 0 fully saturated rings. The summed E-state index contributed by atoms with van der Waals surface area (Å²) in [6, 6.07) is -0.728. The lowest BCUT2D eigenvalue weighted by atomic mass is 10.0. The number of carboxylic acid groups (broad SMARTS) is 1. The van der Waals surface area contributed by atoms with Gasteiger partial charge in [0.1, 0.15) is 12.6 Å². The molecular weight excluding hydrogens is 703 g/mol. The Labute approximate surface area is 344 Å². The third kappa shape index (κ3) is 37.1. The summed E-state index contributed by atoms with van der Waals surface area (Å²) in [6.45, 7) is 4.64. The first-order valence-corrected chi connectivity index (χ1v) is 23.0. The van der Waals surface area contributed by atoms with Gasteiger partial charge in [-0.25, -0.2) is 0 Å². The van der Waals surface area contributed by atoms with Crippen LogP contribution in [0, 0.1) is 0 Å². The molecule has 0 saturated heterocycles. The lowest BCUT2D eigenvalue weighted by Crippen LogP contribution is -2.55. The molecule has 56 heavy (non-hydrogen) atoms. The summed E-state index contributed by atoms with van der Waals surface area (Å²) in [5.74, 6) is -1.75. The minimum atomic E-state index is -1.13. The van der Waals surface area contributed by atoms with E-state index >= 15 is 0 Å². The van der Waals surface area contributed by atoms with Crippen LogP contribution >= 0.6 is 0 Å². The molecule has 0 saturated carbocycles. The summed E-state index contributed by atoms with van der Waals surface area (Å²) in [6.07, 6.45) is 44.4. The summed E-state index contributed by atoms with van der Waals surface area (Å²) in [7, 11) is 5.40. The van der Waals surface area contributed by atoms with E-state index in [1.807, 2.05) is 0 Å². The van der Waals surface area contributed by atoms with Crippen molar-refractivity contribution in [1.82, 2.24) is 0 Å². The van der Waals surface area contributed by atoms with Crippen molar-refractivity contribution in [3.05, 3.63) is 36.5 Å². The van der Waals surface area contributed by atoms with Crippen molar-refractivity contribution in [2.75, 3.05) is 41.0 Å². The van der Waals surface area contributed by atoms with E-state index in [2.05, 4.69) is 50.3 Å². The Morgan fingerprint density at radius 3 is 1.38 bits per heavy atom. The number of hydrogen-bond donors (Lipinski definition) is 0. The number of carbonyl (C=O) groups excluding carboxylic acids is 3. The van der Waals surface area contributed by atoms with E-state index in [1.165, 1.54) is 103 Å². The highest BCUT2D eigenvalue weighted by atomic mass is 16.6. The molecule has 0 aliphatic heterocycles. The number of quaternary nitrogens is 1. The van der Waals surface area contributed by atoms with Gasteiger partial charge in [0.15, 0.2) is 6.10 Å². The predicted molar refractivity (Wildman–Crippen MR) is 231 cm³/mol. The number of esters is 2. The quantitative estimate of drug-likeness (QED) is 0.0263. The number of nitrogens with zero attached hydrogens (tertiary/aromatic N) is 1. The van der Waals surface area contributed by atoms with Crippen LogP contribution in [0.2, 0.25) is 0 Å². The lowest BCUT2D eigenvalue weighted by Gasteiger charge is -2.34. The Bertz CT molecular complexity index is 1020. The topological polar surface area (TPSA) is 102 Å².